The van der Waals surface area contributed by atoms with Crippen molar-refractivity contribution in [1.82, 2.24) is 15.5 Å². The van der Waals surface area contributed by atoms with Crippen molar-refractivity contribution in [2.75, 3.05) is 29.7 Å². The van der Waals surface area contributed by atoms with E-state index in [1.165, 1.54) is 30.0 Å². The zero-order chi connectivity index (χ0) is 17.9. The third-order valence-corrected chi connectivity index (χ3v) is 5.04. The van der Waals surface area contributed by atoms with Gasteiger partial charge in [0.15, 0.2) is 10.9 Å². The van der Waals surface area contributed by atoms with Crippen LogP contribution in [0.5, 0.6) is 0 Å². The van der Waals surface area contributed by atoms with Crippen LogP contribution < -0.4 is 10.6 Å². The van der Waals surface area contributed by atoms with E-state index < -0.39 is 24.5 Å². The van der Waals surface area contributed by atoms with Gasteiger partial charge in [-0.2, -0.15) is 11.8 Å². The molecule has 2 N–H and O–H groups in total. The molecule has 1 aromatic rings. The minimum absolute atomic E-state index is 0.322. The average molecular weight is 393 g/mol. The summed E-state index contributed by atoms with van der Waals surface area (Å²) in [6.07, 6.45) is 2.34. The van der Waals surface area contributed by atoms with Gasteiger partial charge in [-0.25, -0.2) is 4.79 Å². The predicted octanol–water partition coefficient (Wildman–Crippen LogP) is 1.39. The lowest BCUT2D eigenvalue weighted by molar-refractivity contribution is -0.150. The zero-order valence-electron chi connectivity index (χ0n) is 13.7. The average Bonchev–Trinajstić information content (AvgIpc) is 2.96. The van der Waals surface area contributed by atoms with Crippen molar-refractivity contribution in [3.8, 4) is 0 Å². The maximum atomic E-state index is 12.0. The fourth-order valence-corrected chi connectivity index (χ4v) is 3.70. The second kappa shape index (κ2) is 11.3. The molecule has 24 heavy (non-hydrogen) atoms. The fourth-order valence-electron chi connectivity index (χ4n) is 1.56. The van der Waals surface area contributed by atoms with Crippen LogP contribution in [0.4, 0.5) is 5.13 Å². The van der Waals surface area contributed by atoms with E-state index in [1.54, 1.807) is 11.8 Å². The van der Waals surface area contributed by atoms with E-state index >= 15 is 0 Å². The van der Waals surface area contributed by atoms with Crippen molar-refractivity contribution in [2.24, 2.45) is 0 Å². The molecule has 0 unspecified atom stereocenters. The molecule has 8 nitrogen and oxygen atoms in total. The molecule has 11 heteroatoms. The summed E-state index contributed by atoms with van der Waals surface area (Å²) >= 11 is 4.33. The van der Waals surface area contributed by atoms with Gasteiger partial charge in [0.1, 0.15) is 6.04 Å². The summed E-state index contributed by atoms with van der Waals surface area (Å²) in [5, 5.41) is 13.1. The number of rotatable bonds is 10. The maximum absolute atomic E-state index is 12.0. The molecule has 0 saturated heterocycles. The van der Waals surface area contributed by atoms with Gasteiger partial charge in [0.25, 0.3) is 5.91 Å². The van der Waals surface area contributed by atoms with E-state index in [2.05, 4.69) is 20.8 Å². The van der Waals surface area contributed by atoms with Gasteiger partial charge < -0.3 is 10.1 Å². The van der Waals surface area contributed by atoms with Crippen LogP contribution in [0, 0.1) is 0 Å². The van der Waals surface area contributed by atoms with Crippen molar-refractivity contribution in [3.63, 3.8) is 0 Å². The topological polar surface area (TPSA) is 110 Å². The standard InChI is InChI=1S/C13H20N4O4S3/c1-4-23-13-17-16-12(24-13)15-10(19)7-21-11(20)9(5-6-22-3)14-8(2)18/h9H,4-7H2,1-3H3,(H,14,18)(H,15,16,19)/t9-/m0/s1. The normalized spacial score (nSPS) is 11.6. The highest BCUT2D eigenvalue weighted by Crippen LogP contribution is 2.24. The van der Waals surface area contributed by atoms with Crippen LogP contribution >= 0.6 is 34.9 Å². The summed E-state index contributed by atoms with van der Waals surface area (Å²) in [6.45, 7) is 2.88. The lowest BCUT2D eigenvalue weighted by atomic mass is 10.2. The van der Waals surface area contributed by atoms with E-state index in [-0.39, 0.29) is 5.91 Å². The third kappa shape index (κ3) is 7.97. The van der Waals surface area contributed by atoms with E-state index in [1.807, 2.05) is 13.2 Å². The van der Waals surface area contributed by atoms with Gasteiger partial charge in [-0.15, -0.1) is 10.2 Å². The zero-order valence-corrected chi connectivity index (χ0v) is 16.1. The number of nitrogens with one attached hydrogen (secondary N) is 2. The first-order chi connectivity index (χ1) is 11.5. The summed E-state index contributed by atoms with van der Waals surface area (Å²) < 4.78 is 5.72. The van der Waals surface area contributed by atoms with E-state index in [4.69, 9.17) is 4.74 Å². The molecule has 0 aliphatic rings. The quantitative estimate of drug-likeness (QED) is 0.349. The monoisotopic (exact) mass is 392 g/mol. The fraction of sp³-hybridized carbons (Fsp3) is 0.615. The van der Waals surface area contributed by atoms with Crippen LogP contribution in [-0.2, 0) is 19.1 Å². The number of thioether (sulfide) groups is 2. The van der Waals surface area contributed by atoms with E-state index in [0.29, 0.717) is 17.3 Å². The number of carbonyl (C=O) groups is 3. The molecule has 0 aromatic carbocycles. The molecule has 1 aromatic heterocycles. The predicted molar refractivity (Wildman–Crippen MR) is 96.5 cm³/mol. The smallest absolute Gasteiger partial charge is 0.329 e. The number of esters is 1. The summed E-state index contributed by atoms with van der Waals surface area (Å²) in [6, 6.07) is -0.753. The van der Waals surface area contributed by atoms with E-state index in [9.17, 15) is 14.4 Å². The molecule has 134 valence electrons. The number of aromatic nitrogens is 2. The van der Waals surface area contributed by atoms with Gasteiger partial charge in [-0.1, -0.05) is 30.0 Å². The first-order valence-electron chi connectivity index (χ1n) is 7.15. The second-order valence-corrected chi connectivity index (χ2v) is 7.97. The van der Waals surface area contributed by atoms with Gasteiger partial charge in [-0.3, -0.25) is 14.9 Å². The van der Waals surface area contributed by atoms with Crippen LogP contribution in [0.25, 0.3) is 0 Å². The molecule has 0 spiro atoms. The number of amides is 2. The Morgan fingerprint density at radius 1 is 1.33 bits per heavy atom. The minimum atomic E-state index is -0.753. The lowest BCUT2D eigenvalue weighted by Gasteiger charge is -2.15. The van der Waals surface area contributed by atoms with Crippen molar-refractivity contribution < 1.29 is 19.1 Å². The number of anilines is 1. The number of hydrogen-bond donors (Lipinski definition) is 2. The van der Waals surface area contributed by atoms with Crippen molar-refractivity contribution in [3.05, 3.63) is 0 Å². The van der Waals surface area contributed by atoms with Gasteiger partial charge in [0.05, 0.1) is 0 Å². The summed E-state index contributed by atoms with van der Waals surface area (Å²) in [5.41, 5.74) is 0. The highest BCUT2D eigenvalue weighted by molar-refractivity contribution is 8.01. The molecule has 0 bridgehead atoms. The molecule has 0 fully saturated rings. The summed E-state index contributed by atoms with van der Waals surface area (Å²) in [7, 11) is 0. The summed E-state index contributed by atoms with van der Waals surface area (Å²) in [4.78, 5) is 34.9. The Labute approximate surface area is 152 Å². The highest BCUT2D eigenvalue weighted by Gasteiger charge is 2.21. The van der Waals surface area contributed by atoms with Crippen LogP contribution in [0.1, 0.15) is 20.3 Å². The first kappa shape index (κ1) is 20.7. The second-order valence-electron chi connectivity index (χ2n) is 4.50. The SMILES string of the molecule is CCSc1nnc(NC(=O)COC(=O)[C@H](CCSC)NC(C)=O)s1. The highest BCUT2D eigenvalue weighted by atomic mass is 32.2. The molecule has 2 amide bonds. The molecule has 0 saturated carbocycles. The van der Waals surface area contributed by atoms with Crippen LogP contribution in [0.2, 0.25) is 0 Å². The number of ether oxygens (including phenoxy) is 1. The van der Waals surface area contributed by atoms with Crippen molar-refractivity contribution in [2.45, 2.75) is 30.6 Å². The molecule has 0 aliphatic heterocycles. The minimum Gasteiger partial charge on any atom is -0.454 e. The Kier molecular flexibility index (Phi) is 9.72. The van der Waals surface area contributed by atoms with Gasteiger partial charge >= 0.3 is 5.97 Å². The molecule has 1 heterocycles. The Hall–Kier alpha value is -1.33. The van der Waals surface area contributed by atoms with Gasteiger partial charge in [-0.05, 0) is 24.2 Å². The molecule has 1 atom stereocenters. The van der Waals surface area contributed by atoms with Crippen molar-refractivity contribution >= 4 is 57.8 Å². The Morgan fingerprint density at radius 3 is 2.71 bits per heavy atom. The lowest BCUT2D eigenvalue weighted by Crippen LogP contribution is -2.42. The Morgan fingerprint density at radius 2 is 2.08 bits per heavy atom. The molecule has 0 aliphatic carbocycles. The number of carbonyl (C=O) groups excluding carboxylic acids is 3. The van der Waals surface area contributed by atoms with Crippen LogP contribution in [-0.4, -0.2) is 58.4 Å². The van der Waals surface area contributed by atoms with Gasteiger partial charge in [0, 0.05) is 6.92 Å². The van der Waals surface area contributed by atoms with Crippen LogP contribution in [0.15, 0.2) is 4.34 Å². The maximum Gasteiger partial charge on any atom is 0.329 e. The first-order valence-corrected chi connectivity index (χ1v) is 10.3. The van der Waals surface area contributed by atoms with E-state index in [0.717, 1.165) is 10.1 Å². The third-order valence-electron chi connectivity index (χ3n) is 2.54. The molecular formula is C13H20N4O4S3. The molecular weight excluding hydrogens is 372 g/mol. The molecule has 0 radical (unpaired) electrons. The Balaban J connectivity index is 2.44. The Bertz CT molecular complexity index is 567. The molecule has 1 rings (SSSR count). The number of hydrogen-bond acceptors (Lipinski definition) is 9. The van der Waals surface area contributed by atoms with Crippen LogP contribution in [0.3, 0.4) is 0 Å². The largest absolute Gasteiger partial charge is 0.454 e. The van der Waals surface area contributed by atoms with Crippen molar-refractivity contribution in [1.29, 1.82) is 0 Å². The van der Waals surface area contributed by atoms with Gasteiger partial charge in [0.2, 0.25) is 11.0 Å². The number of nitrogens with zero attached hydrogens (tertiary/aromatic N) is 2. The summed E-state index contributed by atoms with van der Waals surface area (Å²) in [5.74, 6) is 0.0977.